The predicted octanol–water partition coefficient (Wildman–Crippen LogP) is 6.43. The van der Waals surface area contributed by atoms with E-state index >= 15 is 0 Å². The van der Waals surface area contributed by atoms with Crippen molar-refractivity contribution in [2.75, 3.05) is 4.47 Å². The zero-order valence-corrected chi connectivity index (χ0v) is 18.6. The molecule has 0 atom stereocenters. The van der Waals surface area contributed by atoms with Crippen LogP contribution in [0, 0.1) is 20.8 Å². The number of fused-ring (bicyclic) bond motifs is 1. The molecule has 0 fully saturated rings. The third-order valence-electron chi connectivity index (χ3n) is 4.74. The lowest BCUT2D eigenvalue weighted by atomic mass is 10.0. The molecule has 0 saturated carbocycles. The average Bonchev–Trinajstić information content (AvgIpc) is 3.31. The number of aliphatic hydroxyl groups is 1. The first kappa shape index (κ1) is 22.0. The van der Waals surface area contributed by atoms with Crippen molar-refractivity contribution in [1.82, 2.24) is 5.16 Å². The number of aliphatic hydroxyl groups excluding tert-OH is 1. The van der Waals surface area contributed by atoms with Crippen LogP contribution in [0.2, 0.25) is 0 Å². The number of benzene rings is 2. The second kappa shape index (κ2) is 9.38. The Kier molecular flexibility index (Phi) is 6.87. The van der Waals surface area contributed by atoms with Crippen LogP contribution in [-0.4, -0.2) is 15.5 Å². The first-order chi connectivity index (χ1) is 14.5. The minimum atomic E-state index is -0.0542. The normalized spacial score (nSPS) is 10.8. The summed E-state index contributed by atoms with van der Waals surface area (Å²) in [7, 11) is 0. The lowest BCUT2D eigenvalue weighted by molar-refractivity contribution is 0.283. The summed E-state index contributed by atoms with van der Waals surface area (Å²) in [6.07, 6.45) is 0. The lowest BCUT2D eigenvalue weighted by Crippen LogP contribution is -2.09. The second-order valence-corrected chi connectivity index (χ2v) is 7.55. The fourth-order valence-corrected chi connectivity index (χ4v) is 4.00. The molecule has 158 valence electrons. The number of rotatable bonds is 5. The summed E-state index contributed by atoms with van der Waals surface area (Å²) in [6.45, 7) is 9.48. The van der Waals surface area contributed by atoms with Crippen molar-refractivity contribution < 1.29 is 19.3 Å². The highest BCUT2D eigenvalue weighted by Gasteiger charge is 2.19. The Morgan fingerprint density at radius 1 is 1.03 bits per heavy atom. The molecular weight excluding hydrogens is 400 g/mol. The summed E-state index contributed by atoms with van der Waals surface area (Å²) < 4.78 is 12.1. The molecule has 0 amide bonds. The fraction of sp³-hybridized carbons (Fsp3) is 0.261. The van der Waals surface area contributed by atoms with E-state index in [1.807, 2.05) is 70.2 Å². The molecule has 0 radical (unpaired) electrons. The van der Waals surface area contributed by atoms with Crippen LogP contribution in [-0.2, 0) is 6.61 Å². The standard InChI is InChI=1S/C21H20N2O4S.C2H6/c1-12-10-18-15(11-24)8-9-17(20(18)26-12)16-6-4-5-7-19(16)28-23(25)21-13(2)14(3)27-22-21;1-2/h4-10,24-25H,11H2,1-3H3;1-2H3. The van der Waals surface area contributed by atoms with E-state index in [1.54, 1.807) is 6.92 Å². The number of nitrogens with zero attached hydrogens (tertiary/aromatic N) is 2. The van der Waals surface area contributed by atoms with Gasteiger partial charge < -0.3 is 14.0 Å². The molecule has 7 heteroatoms. The molecule has 0 aliphatic rings. The van der Waals surface area contributed by atoms with Crippen LogP contribution in [0.5, 0.6) is 0 Å². The quantitative estimate of drug-likeness (QED) is 0.281. The van der Waals surface area contributed by atoms with Crippen LogP contribution in [0.4, 0.5) is 5.82 Å². The summed E-state index contributed by atoms with van der Waals surface area (Å²) in [5.41, 5.74) is 4.12. The lowest BCUT2D eigenvalue weighted by Gasteiger charge is -2.16. The van der Waals surface area contributed by atoms with Crippen molar-refractivity contribution in [3.63, 3.8) is 0 Å². The fourth-order valence-electron chi connectivity index (χ4n) is 3.14. The van der Waals surface area contributed by atoms with Crippen LogP contribution in [0.25, 0.3) is 22.1 Å². The summed E-state index contributed by atoms with van der Waals surface area (Å²) in [6, 6.07) is 13.5. The van der Waals surface area contributed by atoms with Crippen LogP contribution in [0.3, 0.4) is 0 Å². The highest BCUT2D eigenvalue weighted by molar-refractivity contribution is 8.00. The van der Waals surface area contributed by atoms with Crippen molar-refractivity contribution in [3.05, 3.63) is 65.1 Å². The van der Waals surface area contributed by atoms with Gasteiger partial charge in [-0.25, -0.2) is 0 Å². The largest absolute Gasteiger partial charge is 0.461 e. The van der Waals surface area contributed by atoms with Gasteiger partial charge in [0.15, 0.2) is 0 Å². The highest BCUT2D eigenvalue weighted by atomic mass is 32.2. The highest BCUT2D eigenvalue weighted by Crippen LogP contribution is 2.40. The van der Waals surface area contributed by atoms with Gasteiger partial charge in [0.25, 0.3) is 0 Å². The van der Waals surface area contributed by atoms with Crippen LogP contribution in [0.15, 0.2) is 56.3 Å². The number of hydrogen-bond acceptors (Lipinski definition) is 7. The topological polar surface area (TPSA) is 82.9 Å². The van der Waals surface area contributed by atoms with E-state index in [9.17, 15) is 10.3 Å². The van der Waals surface area contributed by atoms with Crippen LogP contribution in [0.1, 0.15) is 36.5 Å². The summed E-state index contributed by atoms with van der Waals surface area (Å²) in [5, 5.41) is 25.0. The number of aryl methyl sites for hydroxylation is 2. The zero-order chi connectivity index (χ0) is 21.8. The molecule has 0 spiro atoms. The Bertz CT molecular complexity index is 1150. The molecule has 2 heterocycles. The Morgan fingerprint density at radius 2 is 1.77 bits per heavy atom. The van der Waals surface area contributed by atoms with Gasteiger partial charge in [-0.15, -0.1) is 0 Å². The van der Waals surface area contributed by atoms with Crippen LogP contribution < -0.4 is 4.47 Å². The number of anilines is 1. The first-order valence-electron chi connectivity index (χ1n) is 9.81. The maximum absolute atomic E-state index is 10.6. The minimum Gasteiger partial charge on any atom is -0.461 e. The average molecular weight is 427 g/mol. The van der Waals surface area contributed by atoms with Gasteiger partial charge in [0.2, 0.25) is 5.82 Å². The smallest absolute Gasteiger partial charge is 0.210 e. The molecule has 0 saturated heterocycles. The van der Waals surface area contributed by atoms with E-state index in [2.05, 4.69) is 5.16 Å². The van der Waals surface area contributed by atoms with Gasteiger partial charge in [-0.05, 0) is 38.5 Å². The molecule has 0 aliphatic heterocycles. The first-order valence-corrected chi connectivity index (χ1v) is 10.6. The van der Waals surface area contributed by atoms with Gasteiger partial charge in [0, 0.05) is 38.9 Å². The maximum Gasteiger partial charge on any atom is 0.210 e. The van der Waals surface area contributed by atoms with Gasteiger partial charge in [0.1, 0.15) is 17.1 Å². The summed E-state index contributed by atoms with van der Waals surface area (Å²) in [4.78, 5) is 0.831. The molecule has 2 N–H and O–H groups in total. The van der Waals surface area contributed by atoms with E-state index in [0.29, 0.717) is 11.6 Å². The Balaban J connectivity index is 0.00000124. The molecule has 2 aromatic carbocycles. The van der Waals surface area contributed by atoms with Gasteiger partial charge in [-0.2, -0.15) is 4.47 Å². The van der Waals surface area contributed by atoms with E-state index in [0.717, 1.165) is 60.3 Å². The van der Waals surface area contributed by atoms with Gasteiger partial charge in [0.05, 0.1) is 6.61 Å². The number of furan rings is 1. The van der Waals surface area contributed by atoms with Crippen LogP contribution >= 0.6 is 11.9 Å². The monoisotopic (exact) mass is 426 g/mol. The van der Waals surface area contributed by atoms with Crippen molar-refractivity contribution >= 4 is 28.7 Å². The molecule has 4 rings (SSSR count). The Labute approximate surface area is 180 Å². The molecule has 0 unspecified atom stereocenters. The number of hydrogen-bond donors (Lipinski definition) is 2. The summed E-state index contributed by atoms with van der Waals surface area (Å²) >= 11 is 1.15. The predicted molar refractivity (Wildman–Crippen MR) is 120 cm³/mol. The number of aromatic nitrogens is 1. The molecule has 30 heavy (non-hydrogen) atoms. The Morgan fingerprint density at radius 3 is 2.43 bits per heavy atom. The molecule has 6 nitrogen and oxygen atoms in total. The van der Waals surface area contributed by atoms with Crippen molar-refractivity contribution in [3.8, 4) is 11.1 Å². The van der Waals surface area contributed by atoms with Gasteiger partial charge >= 0.3 is 0 Å². The molecular formula is C23H26N2O4S. The second-order valence-electron chi connectivity index (χ2n) is 6.58. The Hall–Kier alpha value is -2.74. The molecule has 2 aromatic heterocycles. The van der Waals surface area contributed by atoms with Crippen molar-refractivity contribution in [2.24, 2.45) is 0 Å². The van der Waals surface area contributed by atoms with Gasteiger partial charge in [-0.3, -0.25) is 5.21 Å². The van der Waals surface area contributed by atoms with E-state index in [4.69, 9.17) is 8.94 Å². The zero-order valence-electron chi connectivity index (χ0n) is 17.8. The third-order valence-corrected chi connectivity index (χ3v) is 5.64. The SMILES string of the molecule is CC.Cc1cc2c(CO)ccc(-c3ccccc3SN(O)c3noc(C)c3C)c2o1. The summed E-state index contributed by atoms with van der Waals surface area (Å²) in [5.74, 6) is 1.81. The van der Waals surface area contributed by atoms with E-state index < -0.39 is 0 Å². The molecule has 0 aliphatic carbocycles. The molecule has 4 aromatic rings. The van der Waals surface area contributed by atoms with Crippen molar-refractivity contribution in [2.45, 2.75) is 46.1 Å². The maximum atomic E-state index is 10.6. The van der Waals surface area contributed by atoms with Crippen molar-refractivity contribution in [1.29, 1.82) is 0 Å². The minimum absolute atomic E-state index is 0.0542. The van der Waals surface area contributed by atoms with Gasteiger partial charge in [-0.1, -0.05) is 49.3 Å². The van der Waals surface area contributed by atoms with E-state index in [1.165, 1.54) is 0 Å². The van der Waals surface area contributed by atoms with E-state index in [-0.39, 0.29) is 6.61 Å². The molecule has 0 bridgehead atoms. The third kappa shape index (κ3) is 4.09.